The van der Waals surface area contributed by atoms with Crippen LogP contribution in [-0.2, 0) is 4.74 Å². The average Bonchev–Trinajstić information content (AvgIpc) is 3.32. The number of nitro benzene ring substituents is 1. The van der Waals surface area contributed by atoms with Crippen LogP contribution in [0.2, 0.25) is 0 Å². The van der Waals surface area contributed by atoms with Gasteiger partial charge in [0.1, 0.15) is 11.7 Å². The highest BCUT2D eigenvalue weighted by Gasteiger charge is 2.46. The van der Waals surface area contributed by atoms with Crippen LogP contribution in [0.4, 0.5) is 21.6 Å². The van der Waals surface area contributed by atoms with E-state index >= 15 is 4.39 Å². The Balaban J connectivity index is 1.70. The largest absolute Gasteiger partial charge is 0.379 e. The van der Waals surface area contributed by atoms with Crippen LogP contribution in [0.25, 0.3) is 5.69 Å². The fourth-order valence-electron chi connectivity index (χ4n) is 5.19. The van der Waals surface area contributed by atoms with Crippen molar-refractivity contribution in [2.75, 3.05) is 33.4 Å². The first-order chi connectivity index (χ1) is 19.4. The molecule has 6 rings (SSSR count). The van der Waals surface area contributed by atoms with E-state index in [0.29, 0.717) is 49.2 Å². The number of nitro groups is 1. The van der Waals surface area contributed by atoms with Crippen molar-refractivity contribution in [3.8, 4) is 5.69 Å². The van der Waals surface area contributed by atoms with Crippen LogP contribution in [0, 0.1) is 22.9 Å². The maximum atomic E-state index is 15.3. The van der Waals surface area contributed by atoms with Gasteiger partial charge in [0.25, 0.3) is 5.69 Å². The standard InChI is InChI=1S/C28H27FN7O3P/c1-20-26-28(35(31-20)22-8-4-3-5-9-22)30-27(24-10-6-7-11-25(24)29)33(2)40(26,34-16-18-39-19-17-34)32-21-12-14-23(15-13-21)36(37)38/h3-15H,16-19H2,1-2H3/t40-/m1/s1. The fraction of sp³-hybridized carbons (Fsp3) is 0.214. The summed E-state index contributed by atoms with van der Waals surface area (Å²) in [5.74, 6) is 0.633. The first-order valence-corrected chi connectivity index (χ1v) is 14.5. The van der Waals surface area contributed by atoms with Crippen molar-refractivity contribution in [3.63, 3.8) is 0 Å². The molecule has 12 heteroatoms. The van der Waals surface area contributed by atoms with Gasteiger partial charge in [-0.2, -0.15) is 5.10 Å². The highest BCUT2D eigenvalue weighted by Crippen LogP contribution is 2.61. The molecule has 4 aromatic rings. The molecular formula is C28H27FN7O3P. The van der Waals surface area contributed by atoms with E-state index in [1.807, 2.05) is 49.0 Å². The minimum atomic E-state index is -2.93. The lowest BCUT2D eigenvalue weighted by Crippen LogP contribution is -2.45. The Bertz CT molecular complexity index is 1670. The Labute approximate surface area is 230 Å². The van der Waals surface area contributed by atoms with Crippen molar-refractivity contribution >= 4 is 35.7 Å². The van der Waals surface area contributed by atoms with Gasteiger partial charge in [-0.05, 0) is 43.3 Å². The second-order valence-electron chi connectivity index (χ2n) is 9.45. The average molecular weight is 560 g/mol. The summed E-state index contributed by atoms with van der Waals surface area (Å²) in [6.07, 6.45) is 0. The molecule has 1 fully saturated rings. The summed E-state index contributed by atoms with van der Waals surface area (Å²) in [5.41, 5.74) is 2.49. The third-order valence-corrected chi connectivity index (χ3v) is 10.9. The Morgan fingerprint density at radius 1 is 1.00 bits per heavy atom. The normalized spacial score (nSPS) is 19.2. The van der Waals surface area contributed by atoms with E-state index in [1.54, 1.807) is 35.0 Å². The summed E-state index contributed by atoms with van der Waals surface area (Å²) >= 11 is 0. The van der Waals surface area contributed by atoms with Crippen LogP contribution < -0.4 is 5.30 Å². The fourth-order valence-corrected chi connectivity index (χ4v) is 8.99. The van der Waals surface area contributed by atoms with Crippen molar-refractivity contribution in [2.24, 2.45) is 9.74 Å². The lowest BCUT2D eigenvalue weighted by Gasteiger charge is -2.46. The van der Waals surface area contributed by atoms with E-state index < -0.39 is 18.1 Å². The number of aromatic nitrogens is 2. The number of hydrogen-bond acceptors (Lipinski definition) is 6. The van der Waals surface area contributed by atoms with Crippen molar-refractivity contribution in [1.29, 1.82) is 0 Å². The molecule has 0 amide bonds. The molecule has 1 saturated heterocycles. The predicted molar refractivity (Wildman–Crippen MR) is 153 cm³/mol. The topological polar surface area (TPSA) is 101 Å². The lowest BCUT2D eigenvalue weighted by molar-refractivity contribution is -0.384. The molecule has 3 aromatic carbocycles. The number of halogens is 1. The minimum absolute atomic E-state index is 0.0166. The van der Waals surface area contributed by atoms with Gasteiger partial charge in [-0.25, -0.2) is 23.5 Å². The summed E-state index contributed by atoms with van der Waals surface area (Å²) in [6.45, 7) is 4.15. The van der Waals surface area contributed by atoms with Gasteiger partial charge in [0.05, 0.1) is 46.1 Å². The summed E-state index contributed by atoms with van der Waals surface area (Å²) in [4.78, 5) is 15.9. The highest BCUT2D eigenvalue weighted by atomic mass is 31.2. The molecule has 3 heterocycles. The summed E-state index contributed by atoms with van der Waals surface area (Å²) in [6, 6.07) is 22.5. The second-order valence-corrected chi connectivity index (χ2v) is 12.4. The summed E-state index contributed by atoms with van der Waals surface area (Å²) in [7, 11) is -1.03. The zero-order valence-corrected chi connectivity index (χ0v) is 22.9. The number of morpholine rings is 1. The Hall–Kier alpha value is -4.18. The molecule has 1 aromatic heterocycles. The van der Waals surface area contributed by atoms with E-state index in [1.165, 1.54) is 18.2 Å². The summed E-state index contributed by atoms with van der Waals surface area (Å²) < 4.78 is 32.5. The van der Waals surface area contributed by atoms with E-state index in [-0.39, 0.29) is 5.69 Å². The van der Waals surface area contributed by atoms with Gasteiger partial charge in [0.2, 0.25) is 0 Å². The minimum Gasteiger partial charge on any atom is -0.379 e. The number of hydrogen-bond donors (Lipinski definition) is 0. The quantitative estimate of drug-likeness (QED) is 0.180. The molecule has 0 unspecified atom stereocenters. The SMILES string of the molecule is Cc1nn(-c2ccccc2)c2c1[P@](=Nc1ccc([N+](=O)[O-])cc1)(N1CCOCC1)N(C)C(c1ccccc1F)=N2. The zero-order chi connectivity index (χ0) is 27.9. The molecule has 0 saturated carbocycles. The second kappa shape index (κ2) is 10.4. The van der Waals surface area contributed by atoms with Crippen molar-refractivity contribution in [3.05, 3.63) is 106 Å². The van der Waals surface area contributed by atoms with E-state index in [2.05, 4.69) is 4.67 Å². The van der Waals surface area contributed by atoms with Crippen LogP contribution in [0.3, 0.4) is 0 Å². The molecule has 1 atom stereocenters. The van der Waals surface area contributed by atoms with Crippen molar-refractivity contribution in [1.82, 2.24) is 19.1 Å². The predicted octanol–water partition coefficient (Wildman–Crippen LogP) is 5.57. The Morgan fingerprint density at radius 3 is 2.35 bits per heavy atom. The molecular weight excluding hydrogens is 532 g/mol. The highest BCUT2D eigenvalue weighted by molar-refractivity contribution is 7.70. The van der Waals surface area contributed by atoms with E-state index in [0.717, 1.165) is 16.7 Å². The molecule has 40 heavy (non-hydrogen) atoms. The smallest absolute Gasteiger partial charge is 0.269 e. The number of aryl methyl sites for hydroxylation is 1. The van der Waals surface area contributed by atoms with Crippen molar-refractivity contribution in [2.45, 2.75) is 6.92 Å². The van der Waals surface area contributed by atoms with Gasteiger partial charge in [0, 0.05) is 32.3 Å². The molecule has 10 nitrogen and oxygen atoms in total. The van der Waals surface area contributed by atoms with E-state index in [4.69, 9.17) is 19.6 Å². The van der Waals surface area contributed by atoms with Gasteiger partial charge in [-0.1, -0.05) is 30.3 Å². The molecule has 0 N–H and O–H groups in total. The van der Waals surface area contributed by atoms with Crippen LogP contribution >= 0.6 is 7.36 Å². The molecule has 0 aliphatic carbocycles. The van der Waals surface area contributed by atoms with Gasteiger partial charge in [-0.15, -0.1) is 0 Å². The van der Waals surface area contributed by atoms with Gasteiger partial charge >= 0.3 is 0 Å². The number of rotatable bonds is 5. The van der Waals surface area contributed by atoms with Crippen LogP contribution in [0.1, 0.15) is 11.3 Å². The van der Waals surface area contributed by atoms with Crippen LogP contribution in [0.15, 0.2) is 88.6 Å². The Morgan fingerprint density at radius 2 is 1.68 bits per heavy atom. The molecule has 0 bridgehead atoms. The number of ether oxygens (including phenoxy) is 1. The summed E-state index contributed by atoms with van der Waals surface area (Å²) in [5, 5.41) is 17.1. The molecule has 2 aliphatic rings. The number of non-ortho nitro benzene ring substituents is 1. The third kappa shape index (κ3) is 4.32. The van der Waals surface area contributed by atoms with Crippen molar-refractivity contribution < 1.29 is 14.1 Å². The first kappa shape index (κ1) is 26.1. The number of nitrogens with zero attached hydrogens (tertiary/aromatic N) is 7. The maximum absolute atomic E-state index is 15.3. The molecule has 0 spiro atoms. The van der Waals surface area contributed by atoms with Crippen LogP contribution in [0.5, 0.6) is 0 Å². The van der Waals surface area contributed by atoms with Crippen LogP contribution in [-0.4, -0.2) is 63.2 Å². The van der Waals surface area contributed by atoms with Gasteiger partial charge < -0.3 is 9.41 Å². The van der Waals surface area contributed by atoms with Gasteiger partial charge in [-0.3, -0.25) is 10.1 Å². The number of fused-ring (bicyclic) bond motifs is 1. The number of amidine groups is 1. The third-order valence-electron chi connectivity index (χ3n) is 7.05. The van der Waals surface area contributed by atoms with E-state index in [9.17, 15) is 10.1 Å². The number of para-hydroxylation sites is 1. The monoisotopic (exact) mass is 559 g/mol. The maximum Gasteiger partial charge on any atom is 0.269 e. The first-order valence-electron chi connectivity index (χ1n) is 12.8. The molecule has 0 radical (unpaired) electrons. The zero-order valence-electron chi connectivity index (χ0n) is 22.0. The number of benzene rings is 3. The lowest BCUT2D eigenvalue weighted by atomic mass is 10.2. The molecule has 2 aliphatic heterocycles. The number of aliphatic imine (C=N–C) groups is 1. The van der Waals surface area contributed by atoms with Gasteiger partial charge in [0.15, 0.2) is 13.2 Å². The molecule has 204 valence electrons. The Kier molecular flexibility index (Phi) is 6.79.